The molecule has 0 radical (unpaired) electrons. The third-order valence-corrected chi connectivity index (χ3v) is 8.19. The van der Waals surface area contributed by atoms with E-state index in [2.05, 4.69) is 45.1 Å². The molecule has 0 amide bonds. The Kier molecular flexibility index (Phi) is 2.90. The molecule has 1 aliphatic heterocycles. The van der Waals surface area contributed by atoms with Gasteiger partial charge in [-0.25, -0.2) is 23.5 Å². The second-order valence-electron chi connectivity index (χ2n) is 9.20. The van der Waals surface area contributed by atoms with Gasteiger partial charge in [0, 0.05) is 6.04 Å². The zero-order chi connectivity index (χ0) is 17.6. The maximum absolute atomic E-state index is 13.4. The van der Waals surface area contributed by atoms with E-state index in [1.165, 1.54) is 6.42 Å². The summed E-state index contributed by atoms with van der Waals surface area (Å²) in [6.45, 7) is 6.95. The molecule has 25 heavy (non-hydrogen) atoms. The normalized spacial score (nSPS) is 40.3. The number of fused-ring (bicyclic) bond motifs is 7. The van der Waals surface area contributed by atoms with Gasteiger partial charge in [-0.2, -0.15) is 0 Å². The van der Waals surface area contributed by atoms with Crippen molar-refractivity contribution in [3.8, 4) is 0 Å². The second kappa shape index (κ2) is 4.68. The summed E-state index contributed by atoms with van der Waals surface area (Å²) in [5, 5.41) is 0. The molecule has 5 heteroatoms. The van der Waals surface area contributed by atoms with Crippen molar-refractivity contribution in [1.82, 2.24) is 13.9 Å². The van der Waals surface area contributed by atoms with E-state index >= 15 is 0 Å². The van der Waals surface area contributed by atoms with Crippen molar-refractivity contribution < 1.29 is 0 Å². The standard InChI is InChI=1S/C20H27N3O2/c1-19(2)13-10-11-20(19,3)16(12-13)21-17(24)22-14-6-4-5-7-15(9-8-14)23(22)18(21)25/h4,6,8-9,13-16H,5,7,10-12H2,1-3H3/t13-,14+,15+,16+,20-/m0/s1. The van der Waals surface area contributed by atoms with Crippen molar-refractivity contribution in [3.05, 3.63) is 45.3 Å². The molecule has 0 spiro atoms. The molecule has 5 rings (SSSR count). The van der Waals surface area contributed by atoms with Crippen LogP contribution in [0.5, 0.6) is 0 Å². The Labute approximate surface area is 147 Å². The molecule has 1 aromatic rings. The van der Waals surface area contributed by atoms with E-state index in [0.29, 0.717) is 5.92 Å². The summed E-state index contributed by atoms with van der Waals surface area (Å²) in [5.74, 6) is 0.607. The highest BCUT2D eigenvalue weighted by Crippen LogP contribution is 2.69. The van der Waals surface area contributed by atoms with Crippen molar-refractivity contribution in [2.24, 2.45) is 16.7 Å². The molecule has 2 saturated carbocycles. The van der Waals surface area contributed by atoms with E-state index in [-0.39, 0.29) is 40.3 Å². The monoisotopic (exact) mass is 341 g/mol. The van der Waals surface area contributed by atoms with E-state index in [4.69, 9.17) is 0 Å². The highest BCUT2D eigenvalue weighted by atomic mass is 16.2. The van der Waals surface area contributed by atoms with Crippen LogP contribution in [0.3, 0.4) is 0 Å². The average Bonchev–Trinajstić information content (AvgIpc) is 2.99. The van der Waals surface area contributed by atoms with Crippen LogP contribution in [0.15, 0.2) is 33.9 Å². The molecule has 2 fully saturated rings. The minimum Gasteiger partial charge on any atom is -0.246 e. The van der Waals surface area contributed by atoms with Gasteiger partial charge in [0.1, 0.15) is 0 Å². The third kappa shape index (κ3) is 1.69. The predicted molar refractivity (Wildman–Crippen MR) is 96.8 cm³/mol. The van der Waals surface area contributed by atoms with Crippen LogP contribution in [0, 0.1) is 16.7 Å². The fraction of sp³-hybridized carbons (Fsp3) is 0.700. The van der Waals surface area contributed by atoms with Gasteiger partial charge in [0.05, 0.1) is 12.1 Å². The van der Waals surface area contributed by atoms with E-state index in [0.717, 1.165) is 25.7 Å². The third-order valence-electron chi connectivity index (χ3n) is 8.19. The van der Waals surface area contributed by atoms with E-state index in [9.17, 15) is 9.59 Å². The first-order chi connectivity index (χ1) is 11.9. The topological polar surface area (TPSA) is 48.9 Å². The van der Waals surface area contributed by atoms with Gasteiger partial charge in [-0.05, 0) is 48.9 Å². The summed E-state index contributed by atoms with van der Waals surface area (Å²) >= 11 is 0. The summed E-state index contributed by atoms with van der Waals surface area (Å²) in [6, 6.07) is -0.0997. The van der Waals surface area contributed by atoms with Crippen molar-refractivity contribution in [2.45, 2.75) is 71.0 Å². The van der Waals surface area contributed by atoms with Crippen LogP contribution in [-0.2, 0) is 0 Å². The van der Waals surface area contributed by atoms with Crippen LogP contribution < -0.4 is 11.4 Å². The molecule has 0 aromatic carbocycles. The maximum atomic E-state index is 13.4. The van der Waals surface area contributed by atoms with Gasteiger partial charge in [-0.1, -0.05) is 45.1 Å². The first-order valence-corrected chi connectivity index (χ1v) is 9.67. The first-order valence-electron chi connectivity index (χ1n) is 9.67. The smallest absolute Gasteiger partial charge is 0.246 e. The number of aromatic nitrogens is 3. The Morgan fingerprint density at radius 1 is 1.00 bits per heavy atom. The van der Waals surface area contributed by atoms with Gasteiger partial charge >= 0.3 is 11.4 Å². The molecular weight excluding hydrogens is 314 g/mol. The zero-order valence-corrected chi connectivity index (χ0v) is 15.3. The molecular formula is C20H27N3O2. The van der Waals surface area contributed by atoms with Crippen molar-refractivity contribution in [3.63, 3.8) is 0 Å². The molecule has 0 saturated heterocycles. The van der Waals surface area contributed by atoms with Gasteiger partial charge in [0.15, 0.2) is 0 Å². The maximum Gasteiger partial charge on any atom is 0.348 e. The molecule has 0 N–H and O–H groups in total. The number of nitrogens with zero attached hydrogens (tertiary/aromatic N) is 3. The zero-order valence-electron chi connectivity index (χ0n) is 15.3. The molecule has 134 valence electrons. The molecule has 2 heterocycles. The summed E-state index contributed by atoms with van der Waals surface area (Å²) in [7, 11) is 0. The van der Waals surface area contributed by atoms with E-state index < -0.39 is 0 Å². The number of hydrogen-bond acceptors (Lipinski definition) is 2. The number of hydrogen-bond donors (Lipinski definition) is 0. The molecule has 5 atom stereocenters. The number of allylic oxidation sites excluding steroid dienone is 4. The Morgan fingerprint density at radius 3 is 2.44 bits per heavy atom. The summed E-state index contributed by atoms with van der Waals surface area (Å²) in [6.07, 6.45) is 13.5. The first kappa shape index (κ1) is 15.5. The summed E-state index contributed by atoms with van der Waals surface area (Å²) in [5.41, 5.74) is -0.0194. The highest BCUT2D eigenvalue weighted by Gasteiger charge is 2.62. The second-order valence-corrected chi connectivity index (χ2v) is 9.20. The Bertz CT molecular complexity index is 912. The largest absolute Gasteiger partial charge is 0.348 e. The van der Waals surface area contributed by atoms with Crippen LogP contribution in [0.25, 0.3) is 0 Å². The van der Waals surface area contributed by atoms with Crippen LogP contribution in [-0.4, -0.2) is 13.9 Å². The fourth-order valence-corrected chi connectivity index (χ4v) is 6.15. The molecule has 3 aliphatic carbocycles. The minimum atomic E-state index is -0.127. The van der Waals surface area contributed by atoms with Crippen LogP contribution in [0.1, 0.15) is 71.0 Å². The Balaban J connectivity index is 1.72. The quantitative estimate of drug-likeness (QED) is 0.737. The van der Waals surface area contributed by atoms with E-state index in [1.807, 2.05) is 0 Å². The summed E-state index contributed by atoms with van der Waals surface area (Å²) in [4.78, 5) is 26.7. The fourth-order valence-electron chi connectivity index (χ4n) is 6.15. The Morgan fingerprint density at radius 2 is 1.76 bits per heavy atom. The van der Waals surface area contributed by atoms with Gasteiger partial charge in [-0.3, -0.25) is 0 Å². The summed E-state index contributed by atoms with van der Waals surface area (Å²) < 4.78 is 5.05. The van der Waals surface area contributed by atoms with Gasteiger partial charge < -0.3 is 0 Å². The molecule has 5 nitrogen and oxygen atoms in total. The van der Waals surface area contributed by atoms with E-state index in [1.54, 1.807) is 13.9 Å². The van der Waals surface area contributed by atoms with Gasteiger partial charge in [-0.15, -0.1) is 0 Å². The van der Waals surface area contributed by atoms with Gasteiger partial charge in [0.2, 0.25) is 0 Å². The van der Waals surface area contributed by atoms with Crippen LogP contribution in [0.4, 0.5) is 0 Å². The molecule has 1 aromatic heterocycles. The lowest BCUT2D eigenvalue weighted by atomic mass is 9.69. The lowest BCUT2D eigenvalue weighted by molar-refractivity contribution is 0.103. The van der Waals surface area contributed by atoms with Crippen molar-refractivity contribution >= 4 is 0 Å². The average molecular weight is 341 g/mol. The molecule has 0 unspecified atom stereocenters. The number of rotatable bonds is 1. The van der Waals surface area contributed by atoms with Crippen molar-refractivity contribution in [2.75, 3.05) is 0 Å². The minimum absolute atomic E-state index is 0.00190. The molecule has 4 bridgehead atoms. The Hall–Kier alpha value is -1.78. The molecule has 4 aliphatic rings. The lowest BCUT2D eigenvalue weighted by Gasteiger charge is -2.38. The van der Waals surface area contributed by atoms with Gasteiger partial charge in [0.25, 0.3) is 0 Å². The SMILES string of the molecule is CC1(C)[C@H]2CC[C@@]1(C)[C@H](n1c(=O)n3n(c1=O)[C@H]1C=C[C@H]3C=CCC1)C2. The van der Waals surface area contributed by atoms with Crippen molar-refractivity contribution in [1.29, 1.82) is 0 Å². The van der Waals surface area contributed by atoms with Crippen LogP contribution in [0.2, 0.25) is 0 Å². The van der Waals surface area contributed by atoms with Crippen LogP contribution >= 0.6 is 0 Å². The predicted octanol–water partition coefficient (Wildman–Crippen LogP) is 3.20. The highest BCUT2D eigenvalue weighted by molar-refractivity contribution is 5.16. The lowest BCUT2D eigenvalue weighted by Crippen LogP contribution is -2.42.